The molecule has 1 aromatic rings. The van der Waals surface area contributed by atoms with Crippen LogP contribution < -0.4 is 15.4 Å². The summed E-state index contributed by atoms with van der Waals surface area (Å²) in [7, 11) is 3.36. The Morgan fingerprint density at radius 3 is 2.60 bits per heavy atom. The van der Waals surface area contributed by atoms with E-state index < -0.39 is 5.41 Å². The summed E-state index contributed by atoms with van der Waals surface area (Å²) >= 11 is 0. The Kier molecular flexibility index (Phi) is 6.02. The molecule has 1 aromatic carbocycles. The minimum atomic E-state index is -0.413. The van der Waals surface area contributed by atoms with Crippen LogP contribution in [0.1, 0.15) is 26.3 Å². The van der Waals surface area contributed by atoms with Gasteiger partial charge in [-0.25, -0.2) is 0 Å². The number of carbonyl (C=O) groups excluding carboxylic acids is 1. The maximum absolute atomic E-state index is 11.7. The highest BCUT2D eigenvalue weighted by Gasteiger charge is 2.26. The fourth-order valence-corrected chi connectivity index (χ4v) is 2.12. The number of benzene rings is 1. The maximum Gasteiger partial charge on any atom is 0.226 e. The molecular formula is C16H26N2O2. The lowest BCUT2D eigenvalue weighted by molar-refractivity contribution is -0.128. The first kappa shape index (κ1) is 16.5. The molecule has 0 aliphatic heterocycles. The quantitative estimate of drug-likeness (QED) is 0.802. The fraction of sp³-hybridized carbons (Fsp3) is 0.562. The number of ether oxygens (including phenoxy) is 1. The van der Waals surface area contributed by atoms with E-state index in [2.05, 4.69) is 23.6 Å². The van der Waals surface area contributed by atoms with Crippen molar-refractivity contribution >= 4 is 5.91 Å². The van der Waals surface area contributed by atoms with Gasteiger partial charge >= 0.3 is 0 Å². The van der Waals surface area contributed by atoms with Crippen molar-refractivity contribution in [3.63, 3.8) is 0 Å². The van der Waals surface area contributed by atoms with Gasteiger partial charge in [-0.3, -0.25) is 4.79 Å². The zero-order valence-corrected chi connectivity index (χ0v) is 13.1. The Morgan fingerprint density at radius 2 is 2.00 bits per heavy atom. The van der Waals surface area contributed by atoms with Gasteiger partial charge in [-0.05, 0) is 38.8 Å². The zero-order chi connectivity index (χ0) is 15.2. The molecule has 0 saturated heterocycles. The summed E-state index contributed by atoms with van der Waals surface area (Å²) in [5.74, 6) is 0.959. The SMILES string of the molecule is CNC(=O)C(C)(C)CNC(C)Cc1ccccc1OC. The molecule has 4 nitrogen and oxygen atoms in total. The maximum atomic E-state index is 11.7. The second-order valence-corrected chi connectivity index (χ2v) is 5.76. The Balaban J connectivity index is 2.56. The van der Waals surface area contributed by atoms with E-state index in [9.17, 15) is 4.79 Å². The second kappa shape index (κ2) is 7.29. The van der Waals surface area contributed by atoms with Crippen LogP contribution in [0, 0.1) is 5.41 Å². The summed E-state index contributed by atoms with van der Waals surface area (Å²) in [6, 6.07) is 8.29. The van der Waals surface area contributed by atoms with Gasteiger partial charge in [0.05, 0.1) is 12.5 Å². The van der Waals surface area contributed by atoms with E-state index in [1.807, 2.05) is 32.0 Å². The van der Waals surface area contributed by atoms with Gasteiger partial charge in [-0.1, -0.05) is 18.2 Å². The van der Waals surface area contributed by atoms with Crippen molar-refractivity contribution in [2.24, 2.45) is 5.41 Å². The van der Waals surface area contributed by atoms with Gasteiger partial charge in [-0.2, -0.15) is 0 Å². The molecule has 0 aliphatic rings. The Labute approximate surface area is 121 Å². The molecule has 0 aliphatic carbocycles. The summed E-state index contributed by atoms with van der Waals surface area (Å²) in [6.45, 7) is 6.64. The molecule has 0 radical (unpaired) electrons. The molecule has 0 bridgehead atoms. The monoisotopic (exact) mass is 278 g/mol. The van der Waals surface area contributed by atoms with Crippen molar-refractivity contribution in [3.05, 3.63) is 29.8 Å². The third kappa shape index (κ3) is 4.53. The lowest BCUT2D eigenvalue weighted by Crippen LogP contribution is -2.44. The van der Waals surface area contributed by atoms with Crippen LogP contribution in [0.2, 0.25) is 0 Å². The van der Waals surface area contributed by atoms with Crippen LogP contribution in [0.4, 0.5) is 0 Å². The molecule has 0 heterocycles. The number of nitrogens with one attached hydrogen (secondary N) is 2. The Bertz CT molecular complexity index is 444. The third-order valence-electron chi connectivity index (χ3n) is 3.45. The molecule has 0 fully saturated rings. The fourth-order valence-electron chi connectivity index (χ4n) is 2.12. The zero-order valence-electron chi connectivity index (χ0n) is 13.1. The number of methoxy groups -OCH3 is 1. The van der Waals surface area contributed by atoms with Crippen LogP contribution in [0.25, 0.3) is 0 Å². The first-order valence-corrected chi connectivity index (χ1v) is 6.98. The molecule has 4 heteroatoms. The van der Waals surface area contributed by atoms with Gasteiger partial charge in [0.25, 0.3) is 0 Å². The van der Waals surface area contributed by atoms with E-state index in [1.54, 1.807) is 14.2 Å². The minimum absolute atomic E-state index is 0.0505. The summed E-state index contributed by atoms with van der Waals surface area (Å²) in [5, 5.41) is 6.12. The van der Waals surface area contributed by atoms with Crippen molar-refractivity contribution in [1.29, 1.82) is 0 Å². The Hall–Kier alpha value is -1.55. The standard InChI is InChI=1S/C16H26N2O2/c1-12(18-11-16(2,3)15(19)17-4)10-13-8-6-7-9-14(13)20-5/h6-9,12,18H,10-11H2,1-5H3,(H,17,19). The molecule has 1 rings (SSSR count). The van der Waals surface area contributed by atoms with E-state index in [0.717, 1.165) is 12.2 Å². The van der Waals surface area contributed by atoms with Crippen molar-refractivity contribution in [2.75, 3.05) is 20.7 Å². The largest absolute Gasteiger partial charge is 0.496 e. The summed E-state index contributed by atoms with van der Waals surface area (Å²) in [4.78, 5) is 11.7. The van der Waals surface area contributed by atoms with Gasteiger partial charge in [-0.15, -0.1) is 0 Å². The van der Waals surface area contributed by atoms with E-state index in [1.165, 1.54) is 5.56 Å². The van der Waals surface area contributed by atoms with Crippen LogP contribution in [0.3, 0.4) is 0 Å². The average Bonchev–Trinajstić information content (AvgIpc) is 2.45. The number of rotatable bonds is 7. The molecule has 0 saturated carbocycles. The number of para-hydroxylation sites is 1. The summed E-state index contributed by atoms with van der Waals surface area (Å²) < 4.78 is 5.36. The van der Waals surface area contributed by atoms with E-state index >= 15 is 0 Å². The van der Waals surface area contributed by atoms with Gasteiger partial charge in [0.1, 0.15) is 5.75 Å². The number of hydrogen-bond acceptors (Lipinski definition) is 3. The van der Waals surface area contributed by atoms with Crippen LogP contribution in [0.15, 0.2) is 24.3 Å². The van der Waals surface area contributed by atoms with Crippen LogP contribution in [-0.2, 0) is 11.2 Å². The van der Waals surface area contributed by atoms with E-state index in [0.29, 0.717) is 6.54 Å². The third-order valence-corrected chi connectivity index (χ3v) is 3.45. The molecule has 0 aromatic heterocycles. The molecule has 1 unspecified atom stereocenters. The van der Waals surface area contributed by atoms with Gasteiger partial charge in [0.15, 0.2) is 0 Å². The summed E-state index contributed by atoms with van der Waals surface area (Å²) in [6.07, 6.45) is 0.869. The van der Waals surface area contributed by atoms with Gasteiger partial charge < -0.3 is 15.4 Å². The topological polar surface area (TPSA) is 50.4 Å². The molecule has 20 heavy (non-hydrogen) atoms. The van der Waals surface area contributed by atoms with Crippen molar-refractivity contribution in [2.45, 2.75) is 33.2 Å². The lowest BCUT2D eigenvalue weighted by Gasteiger charge is -2.25. The van der Waals surface area contributed by atoms with Crippen molar-refractivity contribution < 1.29 is 9.53 Å². The van der Waals surface area contributed by atoms with Crippen molar-refractivity contribution in [3.8, 4) is 5.75 Å². The highest BCUT2D eigenvalue weighted by atomic mass is 16.5. The number of hydrogen-bond donors (Lipinski definition) is 2. The molecular weight excluding hydrogens is 252 g/mol. The average molecular weight is 278 g/mol. The first-order chi connectivity index (χ1) is 9.40. The minimum Gasteiger partial charge on any atom is -0.496 e. The molecule has 0 spiro atoms. The highest BCUT2D eigenvalue weighted by molar-refractivity contribution is 5.81. The normalized spacial score (nSPS) is 12.8. The summed E-state index contributed by atoms with van der Waals surface area (Å²) in [5.41, 5.74) is 0.761. The van der Waals surface area contributed by atoms with Crippen LogP contribution in [0.5, 0.6) is 5.75 Å². The number of carbonyl (C=O) groups is 1. The van der Waals surface area contributed by atoms with Crippen LogP contribution >= 0.6 is 0 Å². The van der Waals surface area contributed by atoms with Crippen LogP contribution in [-0.4, -0.2) is 32.7 Å². The molecule has 2 N–H and O–H groups in total. The second-order valence-electron chi connectivity index (χ2n) is 5.76. The molecule has 112 valence electrons. The van der Waals surface area contributed by atoms with E-state index in [4.69, 9.17) is 4.74 Å². The van der Waals surface area contributed by atoms with Crippen molar-refractivity contribution in [1.82, 2.24) is 10.6 Å². The van der Waals surface area contributed by atoms with Gasteiger partial charge in [0.2, 0.25) is 5.91 Å². The first-order valence-electron chi connectivity index (χ1n) is 6.98. The highest BCUT2D eigenvalue weighted by Crippen LogP contribution is 2.19. The number of amides is 1. The van der Waals surface area contributed by atoms with Gasteiger partial charge in [0, 0.05) is 19.6 Å². The predicted octanol–water partition coefficient (Wildman–Crippen LogP) is 1.99. The molecule has 1 amide bonds. The van der Waals surface area contributed by atoms with E-state index in [-0.39, 0.29) is 11.9 Å². The Morgan fingerprint density at radius 1 is 1.35 bits per heavy atom. The smallest absolute Gasteiger partial charge is 0.226 e. The lowest BCUT2D eigenvalue weighted by atomic mass is 9.91. The molecule has 1 atom stereocenters. The predicted molar refractivity (Wildman–Crippen MR) is 82.0 cm³/mol.